The summed E-state index contributed by atoms with van der Waals surface area (Å²) in [6, 6.07) is 15.8. The number of phenolic OH excluding ortho intramolecular Hbond substituents is 1. The largest absolute Gasteiger partial charge is 0.508 e. The topological polar surface area (TPSA) is 83.9 Å². The van der Waals surface area contributed by atoms with Crippen LogP contribution in [-0.4, -0.2) is 31.4 Å². The fourth-order valence-corrected chi connectivity index (χ4v) is 5.11. The predicted molar refractivity (Wildman–Crippen MR) is 135 cm³/mol. The molecule has 1 saturated carbocycles. The van der Waals surface area contributed by atoms with E-state index in [-0.39, 0.29) is 11.9 Å². The Morgan fingerprint density at radius 2 is 1.80 bits per heavy atom. The summed E-state index contributed by atoms with van der Waals surface area (Å²) in [5, 5.41) is 16.7. The Morgan fingerprint density at radius 1 is 0.943 bits per heavy atom. The molecule has 6 heteroatoms. The Bertz CT molecular complexity index is 1350. The van der Waals surface area contributed by atoms with Gasteiger partial charge in [-0.25, -0.2) is 4.98 Å². The summed E-state index contributed by atoms with van der Waals surface area (Å²) in [6.45, 7) is 0. The maximum absolute atomic E-state index is 9.75. The van der Waals surface area contributed by atoms with Crippen LogP contribution in [-0.2, 0) is 12.8 Å². The molecule has 2 aliphatic rings. The second-order valence-corrected chi connectivity index (χ2v) is 9.38. The highest BCUT2D eigenvalue weighted by atomic mass is 16.5. The monoisotopic (exact) mass is 464 g/mol. The number of rotatable bonds is 6. The average molecular weight is 465 g/mol. The van der Waals surface area contributed by atoms with Crippen LogP contribution in [0.15, 0.2) is 67.0 Å². The van der Waals surface area contributed by atoms with E-state index in [0.717, 1.165) is 64.2 Å². The van der Waals surface area contributed by atoms with E-state index >= 15 is 0 Å². The summed E-state index contributed by atoms with van der Waals surface area (Å²) in [5.41, 5.74) is 7.46. The Balaban J connectivity index is 1.35. The zero-order chi connectivity index (χ0) is 23.6. The number of nitrogens with zero attached hydrogens (tertiary/aromatic N) is 3. The molecule has 0 bridgehead atoms. The molecule has 176 valence electrons. The highest BCUT2D eigenvalue weighted by Gasteiger charge is 2.27. The van der Waals surface area contributed by atoms with E-state index in [1.807, 2.05) is 24.5 Å². The number of benzene rings is 2. The molecule has 0 amide bonds. The number of nitrogens with one attached hydrogen (secondary N) is 1. The van der Waals surface area contributed by atoms with Crippen molar-refractivity contribution in [2.75, 3.05) is 0 Å². The molecule has 0 saturated heterocycles. The number of allylic oxidation sites excluding steroid dienone is 1. The first-order valence-electron chi connectivity index (χ1n) is 12.4. The standard InChI is InChI=1S/C29H28N4O2/c34-23-11-9-20(10-12-23)25-13-14-26-28(25)29(35-24-7-2-1-3-8-24)33-27(32-26)16-19-5-4-6-21(15-19)22-17-30-31-18-22/h4-6,9-13,15,17-18,24,34H,1-3,7-8,14,16H2,(H,30,31). The molecule has 6 rings (SSSR count). The quantitative estimate of drug-likeness (QED) is 0.373. The lowest BCUT2D eigenvalue weighted by Crippen LogP contribution is -2.21. The minimum atomic E-state index is 0.196. The van der Waals surface area contributed by atoms with Crippen LogP contribution in [0.5, 0.6) is 11.6 Å². The Labute approximate surface area is 204 Å². The van der Waals surface area contributed by atoms with Crippen molar-refractivity contribution in [3.8, 4) is 22.8 Å². The third-order valence-corrected chi connectivity index (χ3v) is 6.90. The van der Waals surface area contributed by atoms with Gasteiger partial charge in [-0.2, -0.15) is 10.1 Å². The maximum atomic E-state index is 9.75. The number of fused-ring (bicyclic) bond motifs is 1. The van der Waals surface area contributed by atoms with E-state index < -0.39 is 0 Å². The second-order valence-electron chi connectivity index (χ2n) is 9.38. The van der Waals surface area contributed by atoms with Crippen LogP contribution in [0, 0.1) is 0 Å². The Kier molecular flexibility index (Phi) is 5.78. The van der Waals surface area contributed by atoms with Gasteiger partial charge in [-0.3, -0.25) is 5.10 Å². The molecular formula is C29H28N4O2. The van der Waals surface area contributed by atoms with Gasteiger partial charge in [0.05, 0.1) is 17.5 Å². The lowest BCUT2D eigenvalue weighted by molar-refractivity contribution is 0.147. The number of hydrogen-bond acceptors (Lipinski definition) is 5. The first-order chi connectivity index (χ1) is 17.2. The lowest BCUT2D eigenvalue weighted by Gasteiger charge is -2.24. The van der Waals surface area contributed by atoms with E-state index in [9.17, 15) is 5.11 Å². The van der Waals surface area contributed by atoms with E-state index in [4.69, 9.17) is 14.7 Å². The van der Waals surface area contributed by atoms with Gasteiger partial charge in [-0.1, -0.05) is 48.9 Å². The Hall–Kier alpha value is -3.93. The fourth-order valence-electron chi connectivity index (χ4n) is 5.11. The first kappa shape index (κ1) is 21.6. The lowest BCUT2D eigenvalue weighted by atomic mass is 9.97. The van der Waals surface area contributed by atoms with Gasteiger partial charge in [0.25, 0.3) is 0 Å². The van der Waals surface area contributed by atoms with Gasteiger partial charge in [-0.15, -0.1) is 0 Å². The zero-order valence-corrected chi connectivity index (χ0v) is 19.6. The SMILES string of the molecule is Oc1ccc(C2=CCc3nc(Cc4cccc(-c5cn[nH]c5)c4)nc(OC4CCCCC4)c32)cc1. The number of aromatic amines is 1. The van der Waals surface area contributed by atoms with Crippen molar-refractivity contribution in [1.29, 1.82) is 0 Å². The summed E-state index contributed by atoms with van der Waals surface area (Å²) < 4.78 is 6.58. The molecule has 2 aliphatic carbocycles. The third kappa shape index (κ3) is 4.56. The minimum Gasteiger partial charge on any atom is -0.508 e. The molecule has 0 spiro atoms. The van der Waals surface area contributed by atoms with Crippen molar-refractivity contribution in [3.63, 3.8) is 0 Å². The van der Waals surface area contributed by atoms with Crippen molar-refractivity contribution < 1.29 is 9.84 Å². The highest BCUT2D eigenvalue weighted by molar-refractivity contribution is 5.86. The summed E-state index contributed by atoms with van der Waals surface area (Å²) in [4.78, 5) is 9.95. The molecule has 1 fully saturated rings. The third-order valence-electron chi connectivity index (χ3n) is 6.90. The van der Waals surface area contributed by atoms with Crippen LogP contribution in [0.4, 0.5) is 0 Å². The highest BCUT2D eigenvalue weighted by Crippen LogP contribution is 2.39. The van der Waals surface area contributed by atoms with Crippen molar-refractivity contribution in [2.24, 2.45) is 0 Å². The van der Waals surface area contributed by atoms with Crippen LogP contribution in [0.2, 0.25) is 0 Å². The first-order valence-corrected chi connectivity index (χ1v) is 12.4. The molecule has 0 atom stereocenters. The molecule has 2 aromatic heterocycles. The molecule has 0 aliphatic heterocycles. The molecule has 35 heavy (non-hydrogen) atoms. The number of phenols is 1. The molecule has 2 N–H and O–H groups in total. The summed E-state index contributed by atoms with van der Waals surface area (Å²) in [6.07, 6.45) is 13.3. The van der Waals surface area contributed by atoms with Crippen molar-refractivity contribution in [3.05, 3.63) is 95.2 Å². The van der Waals surface area contributed by atoms with Gasteiger partial charge in [0, 0.05) is 24.6 Å². The van der Waals surface area contributed by atoms with Crippen molar-refractivity contribution in [1.82, 2.24) is 20.2 Å². The van der Waals surface area contributed by atoms with E-state index in [2.05, 4.69) is 40.5 Å². The Morgan fingerprint density at radius 3 is 2.60 bits per heavy atom. The van der Waals surface area contributed by atoms with Gasteiger partial charge >= 0.3 is 0 Å². The molecule has 0 unspecified atom stereocenters. The molecule has 2 heterocycles. The molecule has 4 aromatic rings. The van der Waals surface area contributed by atoms with Gasteiger partial charge in [-0.05, 0) is 60.1 Å². The van der Waals surface area contributed by atoms with Crippen LogP contribution in [0.25, 0.3) is 16.7 Å². The van der Waals surface area contributed by atoms with Crippen LogP contribution in [0.1, 0.15) is 60.3 Å². The smallest absolute Gasteiger partial charge is 0.225 e. The summed E-state index contributed by atoms with van der Waals surface area (Å²) in [7, 11) is 0. The average Bonchev–Trinajstić information content (AvgIpc) is 3.56. The van der Waals surface area contributed by atoms with Gasteiger partial charge in [0.2, 0.25) is 5.88 Å². The second kappa shape index (κ2) is 9.37. The molecular weight excluding hydrogens is 436 g/mol. The number of aromatic hydroxyl groups is 1. The number of ether oxygens (including phenoxy) is 1. The number of aromatic nitrogens is 4. The van der Waals surface area contributed by atoms with Gasteiger partial charge < -0.3 is 9.84 Å². The van der Waals surface area contributed by atoms with Crippen molar-refractivity contribution >= 4 is 5.57 Å². The van der Waals surface area contributed by atoms with E-state index in [1.165, 1.54) is 19.3 Å². The fraction of sp³-hybridized carbons (Fsp3) is 0.276. The normalized spacial score (nSPS) is 15.6. The minimum absolute atomic E-state index is 0.196. The zero-order valence-electron chi connectivity index (χ0n) is 19.6. The summed E-state index contributed by atoms with van der Waals surface area (Å²) >= 11 is 0. The van der Waals surface area contributed by atoms with Gasteiger partial charge in [0.15, 0.2) is 0 Å². The summed E-state index contributed by atoms with van der Waals surface area (Å²) in [5.74, 6) is 1.73. The van der Waals surface area contributed by atoms with E-state index in [1.54, 1.807) is 12.1 Å². The number of H-pyrrole nitrogens is 1. The van der Waals surface area contributed by atoms with Gasteiger partial charge in [0.1, 0.15) is 17.7 Å². The predicted octanol–water partition coefficient (Wildman–Crippen LogP) is 5.86. The van der Waals surface area contributed by atoms with Crippen LogP contribution < -0.4 is 4.74 Å². The van der Waals surface area contributed by atoms with Crippen molar-refractivity contribution in [2.45, 2.75) is 51.0 Å². The maximum Gasteiger partial charge on any atom is 0.225 e. The molecule has 2 aromatic carbocycles. The van der Waals surface area contributed by atoms with Crippen LogP contribution >= 0.6 is 0 Å². The molecule has 0 radical (unpaired) electrons. The van der Waals surface area contributed by atoms with E-state index in [0.29, 0.717) is 12.3 Å². The molecule has 6 nitrogen and oxygen atoms in total. The van der Waals surface area contributed by atoms with Crippen LogP contribution in [0.3, 0.4) is 0 Å². The number of hydrogen-bond donors (Lipinski definition) is 2.